The summed E-state index contributed by atoms with van der Waals surface area (Å²) in [6, 6.07) is 23.8. The molecule has 0 saturated heterocycles. The van der Waals surface area contributed by atoms with Crippen molar-refractivity contribution in [1.82, 2.24) is 0 Å². The van der Waals surface area contributed by atoms with Gasteiger partial charge in [-0.2, -0.15) is 10.5 Å². The van der Waals surface area contributed by atoms with Gasteiger partial charge in [0.1, 0.15) is 11.2 Å². The highest BCUT2D eigenvalue weighted by atomic mass is 16.3. The number of rotatable bonds is 8. The molecule has 1 aliphatic rings. The van der Waals surface area contributed by atoms with E-state index in [4.69, 9.17) is 14.9 Å². The molecule has 8 rings (SSSR count). The van der Waals surface area contributed by atoms with Gasteiger partial charge in [-0.15, -0.1) is 0 Å². The number of nitrogens with zero attached hydrogens (tertiary/aromatic N) is 2. The maximum Gasteiger partial charge on any atom is 0.200 e. The van der Waals surface area contributed by atoms with E-state index in [0.717, 1.165) is 0 Å². The first-order chi connectivity index (χ1) is 34.8. The average molecular weight is 999 g/mol. The lowest BCUT2D eigenvalue weighted by molar-refractivity contribution is 0.348. The van der Waals surface area contributed by atoms with Crippen molar-refractivity contribution in [2.45, 2.75) is 117 Å². The topological polar surface area (TPSA) is 321 Å². The summed E-state index contributed by atoms with van der Waals surface area (Å²) in [4.78, 5) is 12.0. The Morgan fingerprint density at radius 3 is 0.767 bits per heavy atom. The third-order valence-corrected chi connectivity index (χ3v) is 13.0. The van der Waals surface area contributed by atoms with E-state index < -0.39 is 92.7 Å². The van der Waals surface area contributed by atoms with Crippen LogP contribution in [0.3, 0.4) is 0 Å². The predicted molar refractivity (Wildman–Crippen MR) is 275 cm³/mol. The molecule has 0 unspecified atom stereocenters. The lowest BCUT2D eigenvalue weighted by atomic mass is 9.76. The van der Waals surface area contributed by atoms with Gasteiger partial charge in [-0.3, -0.25) is 4.79 Å². The lowest BCUT2D eigenvalue weighted by Gasteiger charge is -2.29. The molecule has 0 fully saturated rings. The van der Waals surface area contributed by atoms with Crippen molar-refractivity contribution in [1.29, 1.82) is 10.5 Å². The Bertz CT molecular complexity index is 2810. The molecule has 8 bridgehead atoms. The average Bonchev–Trinajstić information content (AvgIpc) is 3.37. The normalized spacial score (nSPS) is 15.6. The number of phenolic OH excluding ortho intramolecular Hbond substituents is 12. The van der Waals surface area contributed by atoms with E-state index >= 15 is 0 Å². The highest BCUT2D eigenvalue weighted by Crippen LogP contribution is 2.58. The van der Waals surface area contributed by atoms with Crippen LogP contribution in [0.25, 0.3) is 21.9 Å². The summed E-state index contributed by atoms with van der Waals surface area (Å²) in [6.45, 7) is 10.2. The van der Waals surface area contributed by atoms with Gasteiger partial charge in [0.25, 0.3) is 0 Å². The van der Waals surface area contributed by atoms with Crippen molar-refractivity contribution in [3.8, 4) is 81.1 Å². The first kappa shape index (κ1) is 55.3. The SMILES string of the molecule is CC#N.CC#N.CCCC1c2cc(c(O)c(O)c2O)C(CCC)c2cc(c(O)c(O)c2O)C(CCC)c2cc(c(O)c(O)c2O)C(CCC)c2cc1c(O)c(O)c2O.O=c1c2ccccc2oc2ccccc12. The van der Waals surface area contributed by atoms with Gasteiger partial charge in [-0.25, -0.2) is 0 Å². The van der Waals surface area contributed by atoms with Crippen LogP contribution in [0.2, 0.25) is 0 Å². The largest absolute Gasteiger partial charge is 0.504 e. The van der Waals surface area contributed by atoms with E-state index in [9.17, 15) is 66.1 Å². The van der Waals surface area contributed by atoms with Crippen LogP contribution in [-0.4, -0.2) is 61.3 Å². The molecule has 384 valence electrons. The van der Waals surface area contributed by atoms with E-state index in [1.165, 1.54) is 38.1 Å². The molecule has 0 aliphatic heterocycles. The molecule has 16 nitrogen and oxygen atoms in total. The van der Waals surface area contributed by atoms with Crippen molar-refractivity contribution in [2.24, 2.45) is 0 Å². The van der Waals surface area contributed by atoms with Crippen LogP contribution < -0.4 is 5.43 Å². The van der Waals surface area contributed by atoms with Crippen LogP contribution in [0.4, 0.5) is 0 Å². The van der Waals surface area contributed by atoms with Crippen LogP contribution in [0.15, 0.2) is 82.0 Å². The minimum atomic E-state index is -0.971. The zero-order valence-corrected chi connectivity index (χ0v) is 41.5. The van der Waals surface area contributed by atoms with Crippen LogP contribution in [0.5, 0.6) is 69.0 Å². The monoisotopic (exact) mass is 998 g/mol. The highest BCUT2D eigenvalue weighted by molar-refractivity contribution is 5.89. The Labute approximate surface area is 422 Å². The molecule has 16 heteroatoms. The minimum Gasteiger partial charge on any atom is -0.504 e. The summed E-state index contributed by atoms with van der Waals surface area (Å²) in [5, 5.41) is 152. The van der Waals surface area contributed by atoms with Crippen molar-refractivity contribution < 1.29 is 65.7 Å². The van der Waals surface area contributed by atoms with Crippen molar-refractivity contribution in [3.63, 3.8) is 0 Å². The molecule has 1 aromatic heterocycles. The summed E-state index contributed by atoms with van der Waals surface area (Å²) in [7, 11) is 0. The Balaban J connectivity index is 0.000000387. The first-order valence-electron chi connectivity index (χ1n) is 24.0. The fourth-order valence-electron chi connectivity index (χ4n) is 9.70. The lowest BCUT2D eigenvalue weighted by Crippen LogP contribution is -2.11. The molecule has 0 saturated carbocycles. The summed E-state index contributed by atoms with van der Waals surface area (Å²) in [5.41, 5.74) is 1.63. The van der Waals surface area contributed by atoms with E-state index in [1.807, 2.05) is 64.1 Å². The summed E-state index contributed by atoms with van der Waals surface area (Å²) in [5.74, 6) is -13.1. The van der Waals surface area contributed by atoms with Gasteiger partial charge >= 0.3 is 0 Å². The minimum absolute atomic E-state index is 0.0347. The molecular weight excluding hydrogens is 937 g/mol. The summed E-state index contributed by atoms with van der Waals surface area (Å²) < 4.78 is 5.63. The maximum atomic E-state index is 12.0. The number of hydrogen-bond donors (Lipinski definition) is 12. The number of phenols is 12. The zero-order valence-electron chi connectivity index (χ0n) is 41.5. The third kappa shape index (κ3) is 10.7. The van der Waals surface area contributed by atoms with Crippen LogP contribution >= 0.6 is 0 Å². The van der Waals surface area contributed by atoms with Crippen molar-refractivity contribution >= 4 is 21.9 Å². The van der Waals surface area contributed by atoms with Crippen LogP contribution in [0.1, 0.15) is 161 Å². The number of aromatic hydroxyl groups is 12. The van der Waals surface area contributed by atoms with Gasteiger partial charge in [0.15, 0.2) is 46.0 Å². The number of benzene rings is 6. The fraction of sp³-hybridized carbons (Fsp3) is 0.316. The van der Waals surface area contributed by atoms with Gasteiger partial charge in [0.05, 0.1) is 22.9 Å². The Morgan fingerprint density at radius 1 is 0.384 bits per heavy atom. The summed E-state index contributed by atoms with van der Waals surface area (Å²) in [6.07, 6.45) is 2.70. The second kappa shape index (κ2) is 24.0. The first-order valence-corrected chi connectivity index (χ1v) is 24.0. The van der Waals surface area contributed by atoms with Crippen LogP contribution in [0, 0.1) is 22.7 Å². The smallest absolute Gasteiger partial charge is 0.200 e. The molecule has 1 heterocycles. The predicted octanol–water partition coefficient (Wildman–Crippen LogP) is 12.2. The number of hydrogen-bond acceptors (Lipinski definition) is 16. The molecule has 0 radical (unpaired) electrons. The number of para-hydroxylation sites is 2. The van der Waals surface area contributed by atoms with Gasteiger partial charge in [-0.05, 0) is 74.2 Å². The van der Waals surface area contributed by atoms with Gasteiger partial charge in [0, 0.05) is 82.0 Å². The quantitative estimate of drug-likeness (QED) is 0.0497. The second-order valence-corrected chi connectivity index (χ2v) is 17.6. The van der Waals surface area contributed by atoms with Gasteiger partial charge in [0.2, 0.25) is 28.4 Å². The highest BCUT2D eigenvalue weighted by Gasteiger charge is 2.37. The second-order valence-electron chi connectivity index (χ2n) is 17.6. The molecule has 12 N–H and O–H groups in total. The van der Waals surface area contributed by atoms with E-state index in [-0.39, 0.29) is 75.6 Å². The maximum absolute atomic E-state index is 12.0. The van der Waals surface area contributed by atoms with E-state index in [0.29, 0.717) is 47.6 Å². The fourth-order valence-corrected chi connectivity index (χ4v) is 9.70. The van der Waals surface area contributed by atoms with E-state index in [1.54, 1.807) is 24.3 Å². The molecule has 7 aromatic rings. The molecule has 0 spiro atoms. The zero-order chi connectivity index (χ0) is 54.0. The Hall–Kier alpha value is -8.63. The molecule has 0 amide bonds. The molecule has 6 aromatic carbocycles. The van der Waals surface area contributed by atoms with Crippen molar-refractivity contribution in [3.05, 3.63) is 128 Å². The molecular formula is C57H62N2O14. The summed E-state index contributed by atoms with van der Waals surface area (Å²) >= 11 is 0. The molecule has 0 atom stereocenters. The van der Waals surface area contributed by atoms with Crippen molar-refractivity contribution in [2.75, 3.05) is 0 Å². The van der Waals surface area contributed by atoms with E-state index in [2.05, 4.69) is 0 Å². The Kier molecular flexibility index (Phi) is 18.2. The van der Waals surface area contributed by atoms with Gasteiger partial charge < -0.3 is 65.7 Å². The number of fused-ring (bicyclic) bond motifs is 10. The standard InChI is InChI=1S/C40H48O12.C13H8O2.2C2H3N/c1-5-9-17-21-13-23(31(43)37(49)29(21)41)18(10-6-2)25-15-27(35(47)39(51)33(25)45)20(12-8-4)28-16-26(34(46)40(52)36(28)48)19(11-7-3)24-14-22(17)30(42)38(50)32(24)44;14-13-9-5-1-3-7-11(9)15-12-8-4-2-6-10(12)13;2*1-2-3/h13-20,41-52H,5-12H2,1-4H3;1-8H;2*1H3. The molecule has 73 heavy (non-hydrogen) atoms. The Morgan fingerprint density at radius 2 is 0.575 bits per heavy atom. The van der Waals surface area contributed by atoms with Crippen LogP contribution in [-0.2, 0) is 0 Å². The molecule has 1 aliphatic carbocycles. The number of nitriles is 2. The van der Waals surface area contributed by atoms with Gasteiger partial charge in [-0.1, -0.05) is 77.6 Å². The third-order valence-electron chi connectivity index (χ3n) is 13.0.